The van der Waals surface area contributed by atoms with Gasteiger partial charge in [-0.3, -0.25) is 0 Å². The third-order valence-corrected chi connectivity index (χ3v) is 2.63. The first-order chi connectivity index (χ1) is 6.22. The number of hydrogen-bond donors (Lipinski definition) is 1. The highest BCUT2D eigenvalue weighted by atomic mass is 35.5. The van der Waals surface area contributed by atoms with Crippen molar-refractivity contribution in [2.24, 2.45) is 0 Å². The molecule has 0 saturated heterocycles. The van der Waals surface area contributed by atoms with Crippen LogP contribution in [0.5, 0.6) is 5.75 Å². The molecule has 0 heterocycles. The number of nitrogen functional groups attached to an aromatic ring is 1. The van der Waals surface area contributed by atoms with E-state index in [1.165, 1.54) is 18.4 Å². The second-order valence-electron chi connectivity index (χ2n) is 3.40. The van der Waals surface area contributed by atoms with Crippen LogP contribution in [0.1, 0.15) is 24.3 Å². The zero-order chi connectivity index (χ0) is 9.42. The van der Waals surface area contributed by atoms with Crippen LogP contribution in [0.4, 0.5) is 5.69 Å². The molecule has 0 spiro atoms. The quantitative estimate of drug-likeness (QED) is 0.740. The normalized spacial score (nSPS) is 15.8. The number of benzene rings is 1. The van der Waals surface area contributed by atoms with Crippen molar-refractivity contribution in [1.29, 1.82) is 0 Å². The molecule has 1 aromatic rings. The Morgan fingerprint density at radius 3 is 2.62 bits per heavy atom. The van der Waals surface area contributed by atoms with Gasteiger partial charge >= 0.3 is 0 Å². The highest BCUT2D eigenvalue weighted by Gasteiger charge is 2.25. The van der Waals surface area contributed by atoms with E-state index in [0.29, 0.717) is 22.4 Å². The molecular weight excluding hydrogens is 186 g/mol. The van der Waals surface area contributed by atoms with Crippen LogP contribution < -0.4 is 10.5 Å². The molecule has 2 nitrogen and oxygen atoms in total. The average molecular weight is 198 g/mol. The van der Waals surface area contributed by atoms with Crippen LogP contribution in [0.3, 0.4) is 0 Å². The molecule has 0 unspecified atom stereocenters. The summed E-state index contributed by atoms with van der Waals surface area (Å²) in [4.78, 5) is 0. The third-order valence-electron chi connectivity index (χ3n) is 2.35. The van der Waals surface area contributed by atoms with Crippen LogP contribution in [0, 0.1) is 0 Å². The van der Waals surface area contributed by atoms with Gasteiger partial charge in [-0.2, -0.15) is 0 Å². The largest absolute Gasteiger partial charge is 0.493 e. The Kier molecular flexibility index (Phi) is 2.08. The number of rotatable bonds is 2. The van der Waals surface area contributed by atoms with Gasteiger partial charge in [0.05, 0.1) is 17.8 Å². The first-order valence-corrected chi connectivity index (χ1v) is 4.73. The van der Waals surface area contributed by atoms with E-state index >= 15 is 0 Å². The van der Waals surface area contributed by atoms with Crippen LogP contribution in [-0.2, 0) is 0 Å². The van der Waals surface area contributed by atoms with E-state index in [-0.39, 0.29) is 0 Å². The number of nitrogens with two attached hydrogens (primary N) is 1. The maximum absolute atomic E-state index is 6.00. The van der Waals surface area contributed by atoms with Crippen molar-refractivity contribution in [3.05, 3.63) is 22.7 Å². The van der Waals surface area contributed by atoms with Gasteiger partial charge in [-0.1, -0.05) is 11.6 Å². The maximum atomic E-state index is 6.00. The van der Waals surface area contributed by atoms with Gasteiger partial charge in [0.25, 0.3) is 0 Å². The Labute approximate surface area is 82.6 Å². The molecule has 1 aromatic carbocycles. The van der Waals surface area contributed by atoms with E-state index in [4.69, 9.17) is 22.1 Å². The molecule has 0 aliphatic heterocycles. The van der Waals surface area contributed by atoms with E-state index in [0.717, 1.165) is 0 Å². The Balaban J connectivity index is 2.42. The smallest absolute Gasteiger partial charge is 0.160 e. The SMILES string of the molecule is COc1c(N)cc(C2CC2)cc1Cl. The van der Waals surface area contributed by atoms with Gasteiger partial charge < -0.3 is 10.5 Å². The van der Waals surface area contributed by atoms with Gasteiger partial charge in [0.1, 0.15) is 0 Å². The van der Waals surface area contributed by atoms with Crippen molar-refractivity contribution in [3.63, 3.8) is 0 Å². The molecule has 0 bridgehead atoms. The molecule has 0 radical (unpaired) electrons. The highest BCUT2D eigenvalue weighted by molar-refractivity contribution is 6.32. The molecule has 0 atom stereocenters. The number of methoxy groups -OCH3 is 1. The lowest BCUT2D eigenvalue weighted by atomic mass is 10.1. The zero-order valence-corrected chi connectivity index (χ0v) is 8.27. The minimum atomic E-state index is 0.589. The molecule has 2 rings (SSSR count). The van der Waals surface area contributed by atoms with Crippen LogP contribution >= 0.6 is 11.6 Å². The molecule has 1 aliphatic carbocycles. The van der Waals surface area contributed by atoms with Crippen molar-refractivity contribution < 1.29 is 4.74 Å². The van der Waals surface area contributed by atoms with Crippen LogP contribution in [0.15, 0.2) is 12.1 Å². The van der Waals surface area contributed by atoms with Gasteiger partial charge in [-0.25, -0.2) is 0 Å². The van der Waals surface area contributed by atoms with Gasteiger partial charge in [-0.15, -0.1) is 0 Å². The second-order valence-corrected chi connectivity index (χ2v) is 3.81. The summed E-state index contributed by atoms with van der Waals surface area (Å²) in [6.45, 7) is 0. The van der Waals surface area contributed by atoms with Crippen molar-refractivity contribution in [3.8, 4) is 5.75 Å². The number of ether oxygens (including phenoxy) is 1. The Hall–Kier alpha value is -0.890. The van der Waals surface area contributed by atoms with E-state index in [1.807, 2.05) is 12.1 Å². The van der Waals surface area contributed by atoms with Crippen molar-refractivity contribution in [1.82, 2.24) is 0 Å². The number of hydrogen-bond acceptors (Lipinski definition) is 2. The van der Waals surface area contributed by atoms with Gasteiger partial charge in [0.15, 0.2) is 5.75 Å². The molecule has 1 fully saturated rings. The predicted octanol–water partition coefficient (Wildman–Crippen LogP) is 2.81. The molecule has 1 aliphatic rings. The maximum Gasteiger partial charge on any atom is 0.160 e. The van der Waals surface area contributed by atoms with E-state index in [1.54, 1.807) is 7.11 Å². The molecule has 0 amide bonds. The lowest BCUT2D eigenvalue weighted by molar-refractivity contribution is 0.417. The van der Waals surface area contributed by atoms with Crippen LogP contribution in [0.2, 0.25) is 5.02 Å². The Morgan fingerprint density at radius 1 is 1.46 bits per heavy atom. The molecule has 3 heteroatoms. The summed E-state index contributed by atoms with van der Waals surface area (Å²) in [6, 6.07) is 3.91. The highest BCUT2D eigenvalue weighted by Crippen LogP contribution is 2.44. The van der Waals surface area contributed by atoms with E-state index in [9.17, 15) is 0 Å². The van der Waals surface area contributed by atoms with Gasteiger partial charge in [0.2, 0.25) is 0 Å². The van der Waals surface area contributed by atoms with Crippen molar-refractivity contribution >= 4 is 17.3 Å². The molecule has 1 saturated carbocycles. The van der Waals surface area contributed by atoms with Crippen molar-refractivity contribution in [2.45, 2.75) is 18.8 Å². The summed E-state index contributed by atoms with van der Waals surface area (Å²) < 4.78 is 5.07. The first-order valence-electron chi connectivity index (χ1n) is 4.35. The summed E-state index contributed by atoms with van der Waals surface area (Å²) in [6.07, 6.45) is 2.50. The first kappa shape index (κ1) is 8.70. The van der Waals surface area contributed by atoms with E-state index in [2.05, 4.69) is 0 Å². The summed E-state index contributed by atoms with van der Waals surface area (Å²) in [5, 5.41) is 0.615. The van der Waals surface area contributed by atoms with Crippen LogP contribution in [0.25, 0.3) is 0 Å². The summed E-state index contributed by atoms with van der Waals surface area (Å²) >= 11 is 6.00. The number of halogens is 1. The summed E-state index contributed by atoms with van der Waals surface area (Å²) in [5.74, 6) is 1.26. The zero-order valence-electron chi connectivity index (χ0n) is 7.51. The summed E-state index contributed by atoms with van der Waals surface area (Å²) in [5.41, 5.74) is 7.66. The fraction of sp³-hybridized carbons (Fsp3) is 0.400. The lowest BCUT2D eigenvalue weighted by Crippen LogP contribution is -1.94. The molecule has 70 valence electrons. The molecule has 0 aromatic heterocycles. The minimum absolute atomic E-state index is 0.589. The van der Waals surface area contributed by atoms with Gasteiger partial charge in [-0.05, 0) is 36.5 Å². The Morgan fingerprint density at radius 2 is 2.15 bits per heavy atom. The van der Waals surface area contributed by atoms with Crippen LogP contribution in [-0.4, -0.2) is 7.11 Å². The predicted molar refractivity (Wildman–Crippen MR) is 54.4 cm³/mol. The summed E-state index contributed by atoms with van der Waals surface area (Å²) in [7, 11) is 1.58. The monoisotopic (exact) mass is 197 g/mol. The topological polar surface area (TPSA) is 35.2 Å². The molecule has 2 N–H and O–H groups in total. The van der Waals surface area contributed by atoms with Gasteiger partial charge in [0, 0.05) is 0 Å². The molecular formula is C10H12ClNO. The minimum Gasteiger partial charge on any atom is -0.493 e. The molecule has 13 heavy (non-hydrogen) atoms. The van der Waals surface area contributed by atoms with Crippen molar-refractivity contribution in [2.75, 3.05) is 12.8 Å². The fourth-order valence-electron chi connectivity index (χ4n) is 1.50. The third kappa shape index (κ3) is 1.59. The fourth-order valence-corrected chi connectivity index (χ4v) is 1.82. The number of anilines is 1. The Bertz CT molecular complexity index is 311. The van der Waals surface area contributed by atoms with E-state index < -0.39 is 0 Å². The second kappa shape index (κ2) is 3.11. The lowest BCUT2D eigenvalue weighted by Gasteiger charge is -2.08. The standard InChI is InChI=1S/C10H12ClNO/c1-13-10-8(11)4-7(5-9(10)12)6-2-3-6/h4-6H,2-3,12H2,1H3. The average Bonchev–Trinajstić information content (AvgIpc) is 2.85.